The summed E-state index contributed by atoms with van der Waals surface area (Å²) in [6, 6.07) is 37.4. The van der Waals surface area contributed by atoms with Gasteiger partial charge in [0, 0.05) is 29.5 Å². The maximum absolute atomic E-state index is 4.82. The van der Waals surface area contributed by atoms with E-state index in [9.17, 15) is 0 Å². The quantitative estimate of drug-likeness (QED) is 0.232. The highest BCUT2D eigenvalue weighted by Crippen LogP contribution is 2.30. The molecule has 0 N–H and O–H groups in total. The van der Waals surface area contributed by atoms with Crippen molar-refractivity contribution < 1.29 is 0 Å². The molecule has 6 rings (SSSR count). The van der Waals surface area contributed by atoms with Gasteiger partial charge in [0.1, 0.15) is 0 Å². The van der Waals surface area contributed by atoms with Crippen LogP contribution >= 0.6 is 0 Å². The van der Waals surface area contributed by atoms with Gasteiger partial charge in [-0.3, -0.25) is 9.97 Å². The van der Waals surface area contributed by atoms with Crippen molar-refractivity contribution in [3.05, 3.63) is 133 Å². The van der Waals surface area contributed by atoms with Crippen LogP contribution in [0, 0.1) is 0 Å². The van der Waals surface area contributed by atoms with Crippen LogP contribution in [0.5, 0.6) is 0 Å². The summed E-state index contributed by atoms with van der Waals surface area (Å²) >= 11 is 0. The second-order valence-electron chi connectivity index (χ2n) is 9.77. The van der Waals surface area contributed by atoms with Gasteiger partial charge in [0.05, 0.1) is 5.52 Å². The van der Waals surface area contributed by atoms with E-state index in [0.717, 1.165) is 34.9 Å². The Hall–Kier alpha value is -4.56. The van der Waals surface area contributed by atoms with E-state index in [-0.39, 0.29) is 0 Å². The maximum atomic E-state index is 4.82. The molecule has 0 atom stereocenters. The number of nitrogens with zero attached hydrogens (tertiary/aromatic N) is 2. The molecule has 38 heavy (non-hydrogen) atoms. The summed E-state index contributed by atoms with van der Waals surface area (Å²) < 4.78 is 0. The van der Waals surface area contributed by atoms with Gasteiger partial charge in [-0.25, -0.2) is 0 Å². The number of hydrogen-bond donors (Lipinski definition) is 0. The van der Waals surface area contributed by atoms with Crippen molar-refractivity contribution in [3.63, 3.8) is 0 Å². The molecule has 2 heteroatoms. The second kappa shape index (κ2) is 10.4. The van der Waals surface area contributed by atoms with Gasteiger partial charge >= 0.3 is 0 Å². The molecule has 4 aromatic carbocycles. The molecule has 2 aromatic heterocycles. The first kappa shape index (κ1) is 23.8. The molecule has 0 saturated heterocycles. The Kier molecular flexibility index (Phi) is 6.54. The lowest BCUT2D eigenvalue weighted by atomic mass is 9.95. The molecule has 2 nitrogen and oxygen atoms in total. The number of aryl methyl sites for hydroxylation is 2. The van der Waals surface area contributed by atoms with E-state index in [1.54, 1.807) is 0 Å². The molecule has 0 aliphatic rings. The van der Waals surface area contributed by atoms with Crippen molar-refractivity contribution in [2.24, 2.45) is 0 Å². The first-order valence-electron chi connectivity index (χ1n) is 13.3. The van der Waals surface area contributed by atoms with Gasteiger partial charge < -0.3 is 0 Å². The van der Waals surface area contributed by atoms with Crippen molar-refractivity contribution in [1.29, 1.82) is 0 Å². The van der Waals surface area contributed by atoms with Crippen molar-refractivity contribution in [2.75, 3.05) is 0 Å². The first-order valence-corrected chi connectivity index (χ1v) is 13.3. The smallest absolute Gasteiger partial charge is 0.0708 e. The summed E-state index contributed by atoms with van der Waals surface area (Å²) in [5.74, 6) is 0. The summed E-state index contributed by atoms with van der Waals surface area (Å²) in [5.41, 5.74) is 13.4. The monoisotopic (exact) mass is 490 g/mol. The zero-order chi connectivity index (χ0) is 25.9. The zero-order valence-corrected chi connectivity index (χ0v) is 21.9. The predicted molar refractivity (Wildman–Crippen MR) is 160 cm³/mol. The Labute approximate surface area is 224 Å². The third-order valence-corrected chi connectivity index (χ3v) is 7.34. The summed E-state index contributed by atoms with van der Waals surface area (Å²) in [4.78, 5) is 8.93. The SMILES string of the molecule is CCc1cc(CC)cc(-c2ccc(-c3ccc4cc(-c5ccc(-c6ccncc6)cc5)cnc4c3)cc2)c1. The highest BCUT2D eigenvalue weighted by molar-refractivity contribution is 5.88. The second-order valence-corrected chi connectivity index (χ2v) is 9.77. The number of pyridine rings is 2. The van der Waals surface area contributed by atoms with Crippen LogP contribution in [0.4, 0.5) is 0 Å². The van der Waals surface area contributed by atoms with Crippen LogP contribution in [0.3, 0.4) is 0 Å². The van der Waals surface area contributed by atoms with Gasteiger partial charge in [-0.15, -0.1) is 0 Å². The number of hydrogen-bond acceptors (Lipinski definition) is 2. The van der Waals surface area contributed by atoms with Crippen LogP contribution < -0.4 is 0 Å². The Bertz CT molecular complexity index is 1680. The molecular weight excluding hydrogens is 460 g/mol. The lowest BCUT2D eigenvalue weighted by Crippen LogP contribution is -1.89. The topological polar surface area (TPSA) is 25.8 Å². The Morgan fingerprint density at radius 2 is 0.947 bits per heavy atom. The molecule has 0 amide bonds. The fourth-order valence-electron chi connectivity index (χ4n) is 5.05. The summed E-state index contributed by atoms with van der Waals surface area (Å²) in [6.07, 6.45) is 7.74. The highest BCUT2D eigenvalue weighted by Gasteiger charge is 2.07. The normalized spacial score (nSPS) is 11.1. The molecule has 0 bridgehead atoms. The van der Waals surface area contributed by atoms with Gasteiger partial charge in [0.15, 0.2) is 0 Å². The number of benzene rings is 4. The lowest BCUT2D eigenvalue weighted by molar-refractivity contribution is 1.09. The number of fused-ring (bicyclic) bond motifs is 1. The molecule has 6 aromatic rings. The van der Waals surface area contributed by atoms with Crippen molar-refractivity contribution in [2.45, 2.75) is 26.7 Å². The molecule has 184 valence electrons. The highest BCUT2D eigenvalue weighted by atomic mass is 14.6. The maximum Gasteiger partial charge on any atom is 0.0708 e. The minimum absolute atomic E-state index is 1.01. The molecule has 0 spiro atoms. The minimum Gasteiger partial charge on any atom is -0.265 e. The zero-order valence-electron chi connectivity index (χ0n) is 21.9. The summed E-state index contributed by atoms with van der Waals surface area (Å²) in [7, 11) is 0. The van der Waals surface area contributed by atoms with Gasteiger partial charge in [0.25, 0.3) is 0 Å². The molecular formula is C36H30N2. The van der Waals surface area contributed by atoms with E-state index in [4.69, 9.17) is 4.98 Å². The summed E-state index contributed by atoms with van der Waals surface area (Å²) in [6.45, 7) is 4.44. The van der Waals surface area contributed by atoms with Crippen molar-refractivity contribution >= 4 is 10.9 Å². The molecule has 0 radical (unpaired) electrons. The van der Waals surface area contributed by atoms with E-state index in [0.29, 0.717) is 0 Å². The van der Waals surface area contributed by atoms with Crippen LogP contribution in [0.2, 0.25) is 0 Å². The average molecular weight is 491 g/mol. The van der Waals surface area contributed by atoms with Crippen LogP contribution in [0.1, 0.15) is 25.0 Å². The van der Waals surface area contributed by atoms with Crippen molar-refractivity contribution in [3.8, 4) is 44.5 Å². The van der Waals surface area contributed by atoms with Crippen LogP contribution in [-0.2, 0) is 12.8 Å². The third-order valence-electron chi connectivity index (χ3n) is 7.34. The van der Waals surface area contributed by atoms with E-state index < -0.39 is 0 Å². The van der Waals surface area contributed by atoms with E-state index in [1.807, 2.05) is 30.7 Å². The van der Waals surface area contributed by atoms with Gasteiger partial charge in [-0.2, -0.15) is 0 Å². The molecule has 0 fully saturated rings. The Morgan fingerprint density at radius 1 is 0.447 bits per heavy atom. The van der Waals surface area contributed by atoms with Crippen LogP contribution in [-0.4, -0.2) is 9.97 Å². The number of aromatic nitrogens is 2. The average Bonchev–Trinajstić information content (AvgIpc) is 3.01. The lowest BCUT2D eigenvalue weighted by Gasteiger charge is -2.10. The molecule has 0 aliphatic carbocycles. The molecule has 0 saturated carbocycles. The van der Waals surface area contributed by atoms with Gasteiger partial charge in [-0.1, -0.05) is 92.7 Å². The standard InChI is InChI=1S/C36H30N2/c1-3-25-19-26(4-2)21-34(20-25)29-9-7-28(8-10-29)32-13-14-33-22-35(24-38-36(33)23-32)30-11-5-27(6-12-30)31-15-17-37-18-16-31/h5-24H,3-4H2,1-2H3. The Morgan fingerprint density at radius 3 is 1.55 bits per heavy atom. The minimum atomic E-state index is 1.01. The van der Waals surface area contributed by atoms with E-state index in [1.165, 1.54) is 44.5 Å². The van der Waals surface area contributed by atoms with E-state index >= 15 is 0 Å². The third kappa shape index (κ3) is 4.86. The van der Waals surface area contributed by atoms with Gasteiger partial charge in [-0.05, 0) is 87.2 Å². The van der Waals surface area contributed by atoms with E-state index in [2.05, 4.69) is 110 Å². The van der Waals surface area contributed by atoms with Crippen molar-refractivity contribution in [1.82, 2.24) is 9.97 Å². The molecule has 0 aliphatic heterocycles. The number of rotatable bonds is 6. The van der Waals surface area contributed by atoms with Crippen LogP contribution in [0.15, 0.2) is 122 Å². The van der Waals surface area contributed by atoms with Crippen LogP contribution in [0.25, 0.3) is 55.4 Å². The fraction of sp³-hybridized carbons (Fsp3) is 0.111. The summed E-state index contributed by atoms with van der Waals surface area (Å²) in [5, 5.41) is 1.14. The fourth-order valence-corrected chi connectivity index (χ4v) is 5.05. The molecule has 2 heterocycles. The molecule has 0 unspecified atom stereocenters. The Balaban J connectivity index is 1.25. The largest absolute Gasteiger partial charge is 0.265 e. The predicted octanol–water partition coefficient (Wildman–Crippen LogP) is 9.42. The first-order chi connectivity index (χ1) is 18.7. The van der Waals surface area contributed by atoms with Gasteiger partial charge in [0.2, 0.25) is 0 Å².